The highest BCUT2D eigenvalue weighted by Gasteiger charge is 2.37. The number of hydrogen-bond acceptors (Lipinski definition) is 2. The van der Waals surface area contributed by atoms with Gasteiger partial charge in [-0.05, 0) is 44.9 Å². The molecule has 0 saturated heterocycles. The zero-order valence-electron chi connectivity index (χ0n) is 10.1. The second-order valence-corrected chi connectivity index (χ2v) is 5.04. The third-order valence-corrected chi connectivity index (χ3v) is 3.83. The monoisotopic (exact) mass is 211 g/mol. The molecule has 1 aliphatic rings. The molecular weight excluding hydrogens is 186 g/mol. The lowest BCUT2D eigenvalue weighted by atomic mass is 9.73. The first kappa shape index (κ1) is 12.7. The molecule has 1 rings (SSSR count). The predicted octanol–water partition coefficient (Wildman–Crippen LogP) is 2.48. The van der Waals surface area contributed by atoms with Gasteiger partial charge in [-0.25, -0.2) is 0 Å². The highest BCUT2D eigenvalue weighted by Crippen LogP contribution is 2.35. The van der Waals surface area contributed by atoms with E-state index in [0.29, 0.717) is 18.6 Å². The van der Waals surface area contributed by atoms with Crippen LogP contribution in [0.1, 0.15) is 46.0 Å². The minimum absolute atomic E-state index is 0.240. The smallest absolute Gasteiger partial charge is 0.0448 e. The Morgan fingerprint density at radius 1 is 1.47 bits per heavy atom. The van der Waals surface area contributed by atoms with E-state index in [1.807, 2.05) is 6.08 Å². The zero-order chi connectivity index (χ0) is 11.3. The fourth-order valence-corrected chi connectivity index (χ4v) is 2.38. The van der Waals surface area contributed by atoms with Gasteiger partial charge < -0.3 is 10.4 Å². The zero-order valence-corrected chi connectivity index (χ0v) is 10.1. The van der Waals surface area contributed by atoms with Crippen molar-refractivity contribution in [1.29, 1.82) is 0 Å². The number of rotatable bonds is 7. The predicted molar refractivity (Wildman–Crippen MR) is 64.9 cm³/mol. The summed E-state index contributed by atoms with van der Waals surface area (Å²) >= 11 is 0. The van der Waals surface area contributed by atoms with Gasteiger partial charge in [-0.2, -0.15) is 0 Å². The van der Waals surface area contributed by atoms with Crippen LogP contribution in [0.3, 0.4) is 0 Å². The molecule has 0 amide bonds. The van der Waals surface area contributed by atoms with Crippen molar-refractivity contribution < 1.29 is 5.11 Å². The summed E-state index contributed by atoms with van der Waals surface area (Å²) in [6.45, 7) is 8.58. The van der Waals surface area contributed by atoms with Crippen molar-refractivity contribution in [2.24, 2.45) is 5.92 Å². The van der Waals surface area contributed by atoms with Crippen molar-refractivity contribution in [2.45, 2.75) is 57.5 Å². The lowest BCUT2D eigenvalue weighted by molar-refractivity contribution is 0.109. The van der Waals surface area contributed by atoms with Gasteiger partial charge >= 0.3 is 0 Å². The van der Waals surface area contributed by atoms with Gasteiger partial charge in [-0.1, -0.05) is 13.0 Å². The molecule has 1 saturated carbocycles. The van der Waals surface area contributed by atoms with E-state index in [1.165, 1.54) is 19.3 Å². The molecule has 0 heterocycles. The molecule has 2 N–H and O–H groups in total. The van der Waals surface area contributed by atoms with Crippen LogP contribution in [-0.2, 0) is 0 Å². The summed E-state index contributed by atoms with van der Waals surface area (Å²) in [5.41, 5.74) is 0.240. The second-order valence-electron chi connectivity index (χ2n) is 5.04. The summed E-state index contributed by atoms with van der Waals surface area (Å²) in [4.78, 5) is 0. The van der Waals surface area contributed by atoms with Gasteiger partial charge in [0.05, 0.1) is 0 Å². The van der Waals surface area contributed by atoms with Crippen LogP contribution in [-0.4, -0.2) is 23.3 Å². The molecule has 0 spiro atoms. The maximum Gasteiger partial charge on any atom is 0.0448 e. The number of aliphatic hydroxyl groups excluding tert-OH is 1. The first-order valence-electron chi connectivity index (χ1n) is 6.13. The van der Waals surface area contributed by atoms with Crippen LogP contribution in [0, 0.1) is 5.92 Å². The van der Waals surface area contributed by atoms with E-state index in [2.05, 4.69) is 25.7 Å². The van der Waals surface area contributed by atoms with Gasteiger partial charge in [0.2, 0.25) is 0 Å². The quantitative estimate of drug-likeness (QED) is 0.634. The fraction of sp³-hybridized carbons (Fsp3) is 0.846. The van der Waals surface area contributed by atoms with Crippen molar-refractivity contribution in [1.82, 2.24) is 5.32 Å². The van der Waals surface area contributed by atoms with E-state index < -0.39 is 0 Å². The van der Waals surface area contributed by atoms with Crippen molar-refractivity contribution >= 4 is 0 Å². The Balaban J connectivity index is 2.40. The SMILES string of the molecule is C=CCC(C)C(C)NC1(CCO)CCC1. The van der Waals surface area contributed by atoms with Gasteiger partial charge in [0.1, 0.15) is 0 Å². The normalized spacial score (nSPS) is 22.9. The Hall–Kier alpha value is -0.340. The van der Waals surface area contributed by atoms with Gasteiger partial charge in [-0.3, -0.25) is 0 Å². The minimum atomic E-state index is 0.240. The molecule has 1 aliphatic carbocycles. The average Bonchev–Trinajstić information content (AvgIpc) is 2.15. The summed E-state index contributed by atoms with van der Waals surface area (Å²) in [6.07, 6.45) is 7.69. The van der Waals surface area contributed by atoms with Crippen molar-refractivity contribution in [3.8, 4) is 0 Å². The fourth-order valence-electron chi connectivity index (χ4n) is 2.38. The Morgan fingerprint density at radius 3 is 2.53 bits per heavy atom. The summed E-state index contributed by atoms with van der Waals surface area (Å²) in [5, 5.41) is 12.8. The van der Waals surface area contributed by atoms with Crippen molar-refractivity contribution in [3.63, 3.8) is 0 Å². The van der Waals surface area contributed by atoms with E-state index in [-0.39, 0.29) is 5.54 Å². The molecule has 0 bridgehead atoms. The molecule has 0 aromatic carbocycles. The maximum atomic E-state index is 9.07. The molecule has 0 radical (unpaired) electrons. The lowest BCUT2D eigenvalue weighted by Crippen LogP contribution is -2.56. The molecule has 0 aromatic heterocycles. The third-order valence-electron chi connectivity index (χ3n) is 3.83. The van der Waals surface area contributed by atoms with E-state index >= 15 is 0 Å². The first-order chi connectivity index (χ1) is 7.13. The van der Waals surface area contributed by atoms with E-state index in [0.717, 1.165) is 12.8 Å². The van der Waals surface area contributed by atoms with Crippen LogP contribution in [0.2, 0.25) is 0 Å². The molecule has 2 atom stereocenters. The Labute approximate surface area is 93.8 Å². The first-order valence-corrected chi connectivity index (χ1v) is 6.13. The number of hydrogen-bond donors (Lipinski definition) is 2. The Morgan fingerprint density at radius 2 is 2.13 bits per heavy atom. The number of allylic oxidation sites excluding steroid dienone is 1. The molecular formula is C13H25NO. The van der Waals surface area contributed by atoms with Crippen LogP contribution in [0.4, 0.5) is 0 Å². The van der Waals surface area contributed by atoms with E-state index in [1.54, 1.807) is 0 Å². The minimum Gasteiger partial charge on any atom is -0.396 e. The van der Waals surface area contributed by atoms with E-state index in [9.17, 15) is 0 Å². The Kier molecular flexibility index (Phi) is 4.81. The molecule has 2 unspecified atom stereocenters. The van der Waals surface area contributed by atoms with Gasteiger partial charge in [-0.15, -0.1) is 6.58 Å². The van der Waals surface area contributed by atoms with Crippen molar-refractivity contribution in [3.05, 3.63) is 12.7 Å². The highest BCUT2D eigenvalue weighted by molar-refractivity contribution is 4.98. The third kappa shape index (κ3) is 3.32. The largest absolute Gasteiger partial charge is 0.396 e. The van der Waals surface area contributed by atoms with Crippen LogP contribution in [0.15, 0.2) is 12.7 Å². The number of aliphatic hydroxyl groups is 1. The van der Waals surface area contributed by atoms with Crippen LogP contribution in [0.5, 0.6) is 0 Å². The average molecular weight is 211 g/mol. The highest BCUT2D eigenvalue weighted by atomic mass is 16.3. The van der Waals surface area contributed by atoms with Gasteiger partial charge in [0, 0.05) is 18.2 Å². The summed E-state index contributed by atoms with van der Waals surface area (Å²) in [5.74, 6) is 0.624. The Bertz CT molecular complexity index is 199. The second kappa shape index (κ2) is 5.66. The van der Waals surface area contributed by atoms with Crippen LogP contribution >= 0.6 is 0 Å². The summed E-state index contributed by atoms with van der Waals surface area (Å²) in [6, 6.07) is 0.509. The van der Waals surface area contributed by atoms with Crippen LogP contribution < -0.4 is 5.32 Å². The van der Waals surface area contributed by atoms with Gasteiger partial charge in [0.25, 0.3) is 0 Å². The van der Waals surface area contributed by atoms with Crippen LogP contribution in [0.25, 0.3) is 0 Å². The molecule has 0 aliphatic heterocycles. The topological polar surface area (TPSA) is 32.3 Å². The lowest BCUT2D eigenvalue weighted by Gasteiger charge is -2.45. The molecule has 88 valence electrons. The van der Waals surface area contributed by atoms with Crippen molar-refractivity contribution in [2.75, 3.05) is 6.61 Å². The number of nitrogens with one attached hydrogen (secondary N) is 1. The van der Waals surface area contributed by atoms with Gasteiger partial charge in [0.15, 0.2) is 0 Å². The maximum absolute atomic E-state index is 9.07. The standard InChI is InChI=1S/C13H25NO/c1-4-6-11(2)12(3)14-13(9-10-15)7-5-8-13/h4,11-12,14-15H,1,5-10H2,2-3H3. The summed E-state index contributed by atoms with van der Waals surface area (Å²) < 4.78 is 0. The van der Waals surface area contributed by atoms with E-state index in [4.69, 9.17) is 5.11 Å². The molecule has 0 aromatic rings. The molecule has 2 heteroatoms. The molecule has 1 fully saturated rings. The summed E-state index contributed by atoms with van der Waals surface area (Å²) in [7, 11) is 0. The molecule has 2 nitrogen and oxygen atoms in total. The molecule has 15 heavy (non-hydrogen) atoms.